The molecule has 2 N–H and O–H groups in total. The number of nitrogens with one attached hydrogen (secondary N) is 2. The summed E-state index contributed by atoms with van der Waals surface area (Å²) in [5, 5.41) is 11.7. The van der Waals surface area contributed by atoms with Gasteiger partial charge in [0.25, 0.3) is 5.91 Å². The number of carbonyl (C=O) groups is 2. The Bertz CT molecular complexity index is 1270. The minimum Gasteiger partial charge on any atom is -0.336 e. The van der Waals surface area contributed by atoms with Crippen LogP contribution in [0.4, 0.5) is 14.3 Å². The Kier molecular flexibility index (Phi) is 6.50. The van der Waals surface area contributed by atoms with E-state index in [0.717, 1.165) is 0 Å². The Labute approximate surface area is 193 Å². The lowest BCUT2D eigenvalue weighted by molar-refractivity contribution is 0.0783. The Morgan fingerprint density at radius 2 is 2.00 bits per heavy atom. The summed E-state index contributed by atoms with van der Waals surface area (Å²) in [5.41, 5.74) is 1.77. The number of urea groups is 1. The van der Waals surface area contributed by atoms with Gasteiger partial charge in [0, 0.05) is 38.4 Å². The van der Waals surface area contributed by atoms with Gasteiger partial charge in [0.15, 0.2) is 5.13 Å². The second kappa shape index (κ2) is 9.65. The van der Waals surface area contributed by atoms with Gasteiger partial charge in [0.1, 0.15) is 17.2 Å². The number of benzene rings is 1. The van der Waals surface area contributed by atoms with Crippen LogP contribution in [0, 0.1) is 5.82 Å². The van der Waals surface area contributed by atoms with E-state index in [1.54, 1.807) is 47.4 Å². The topological polar surface area (TPSA) is 97.1 Å². The Morgan fingerprint density at radius 1 is 1.21 bits per heavy atom. The second-order valence-electron chi connectivity index (χ2n) is 7.34. The number of amides is 3. The van der Waals surface area contributed by atoms with Gasteiger partial charge in [-0.1, -0.05) is 12.1 Å². The molecule has 4 aromatic rings. The standard InChI is InChI=1S/C22H22FN7O2S/c1-28(20(31)18-12-25-29(2)19(18)30-8-3-4-9-30)13-17-14-33-22(26-17)27-21(32)24-11-15-6-5-7-16(23)10-15/h3-10,12,14H,11,13H2,1-2H3,(H2,24,26,27,32). The van der Waals surface area contributed by atoms with Gasteiger partial charge in [-0.15, -0.1) is 11.3 Å². The Balaban J connectivity index is 1.35. The van der Waals surface area contributed by atoms with Crippen LogP contribution in [0.1, 0.15) is 21.6 Å². The monoisotopic (exact) mass is 467 g/mol. The van der Waals surface area contributed by atoms with Crippen LogP contribution < -0.4 is 10.6 Å². The van der Waals surface area contributed by atoms with Crippen molar-refractivity contribution in [3.05, 3.63) is 83.0 Å². The molecule has 1 aromatic carbocycles. The van der Waals surface area contributed by atoms with Crippen molar-refractivity contribution in [3.8, 4) is 5.82 Å². The molecule has 0 radical (unpaired) electrons. The first-order valence-corrected chi connectivity index (χ1v) is 10.9. The first-order valence-electron chi connectivity index (χ1n) is 10.0. The van der Waals surface area contributed by atoms with Crippen LogP contribution in [0.5, 0.6) is 0 Å². The minimum atomic E-state index is -0.448. The molecule has 0 spiro atoms. The van der Waals surface area contributed by atoms with E-state index in [4.69, 9.17) is 0 Å². The fourth-order valence-corrected chi connectivity index (χ4v) is 3.99. The fourth-order valence-electron chi connectivity index (χ4n) is 3.29. The number of aromatic nitrogens is 4. The van der Waals surface area contributed by atoms with Crippen LogP contribution in [-0.2, 0) is 20.1 Å². The Hall–Kier alpha value is -3.99. The number of aryl methyl sites for hydroxylation is 1. The summed E-state index contributed by atoms with van der Waals surface area (Å²) in [5.74, 6) is 0.124. The zero-order valence-electron chi connectivity index (χ0n) is 18.0. The summed E-state index contributed by atoms with van der Waals surface area (Å²) in [6, 6.07) is 9.32. The highest BCUT2D eigenvalue weighted by Crippen LogP contribution is 2.19. The highest BCUT2D eigenvalue weighted by Gasteiger charge is 2.21. The van der Waals surface area contributed by atoms with E-state index in [9.17, 15) is 14.0 Å². The van der Waals surface area contributed by atoms with Crippen molar-refractivity contribution in [2.24, 2.45) is 7.05 Å². The van der Waals surface area contributed by atoms with Crippen molar-refractivity contribution >= 4 is 28.4 Å². The molecular formula is C22H22FN7O2S. The quantitative estimate of drug-likeness (QED) is 0.435. The number of carbonyl (C=O) groups excluding carboxylic acids is 2. The average molecular weight is 468 g/mol. The highest BCUT2D eigenvalue weighted by atomic mass is 32.1. The summed E-state index contributed by atoms with van der Waals surface area (Å²) in [7, 11) is 3.47. The van der Waals surface area contributed by atoms with Gasteiger partial charge < -0.3 is 14.8 Å². The van der Waals surface area contributed by atoms with Crippen molar-refractivity contribution in [1.29, 1.82) is 0 Å². The maximum atomic E-state index is 13.2. The summed E-state index contributed by atoms with van der Waals surface area (Å²) in [6.45, 7) is 0.454. The van der Waals surface area contributed by atoms with E-state index in [1.807, 2.05) is 29.1 Å². The van der Waals surface area contributed by atoms with E-state index in [-0.39, 0.29) is 24.8 Å². The maximum Gasteiger partial charge on any atom is 0.321 e. The van der Waals surface area contributed by atoms with Crippen LogP contribution in [0.3, 0.4) is 0 Å². The van der Waals surface area contributed by atoms with Gasteiger partial charge in [-0.2, -0.15) is 5.10 Å². The predicted molar refractivity (Wildman–Crippen MR) is 123 cm³/mol. The first kappa shape index (κ1) is 22.2. The molecule has 170 valence electrons. The normalized spacial score (nSPS) is 10.8. The van der Waals surface area contributed by atoms with E-state index in [0.29, 0.717) is 27.8 Å². The summed E-state index contributed by atoms with van der Waals surface area (Å²) >= 11 is 1.26. The molecule has 0 bridgehead atoms. The van der Waals surface area contributed by atoms with Crippen molar-refractivity contribution in [2.45, 2.75) is 13.1 Å². The number of halogens is 1. The summed E-state index contributed by atoms with van der Waals surface area (Å²) in [4.78, 5) is 31.1. The van der Waals surface area contributed by atoms with E-state index < -0.39 is 6.03 Å². The molecule has 0 aliphatic carbocycles. The largest absolute Gasteiger partial charge is 0.336 e. The van der Waals surface area contributed by atoms with Crippen molar-refractivity contribution in [2.75, 3.05) is 12.4 Å². The molecule has 0 fully saturated rings. The molecule has 3 amide bonds. The zero-order chi connectivity index (χ0) is 23.4. The molecule has 33 heavy (non-hydrogen) atoms. The Morgan fingerprint density at radius 3 is 2.76 bits per heavy atom. The second-order valence-corrected chi connectivity index (χ2v) is 8.20. The minimum absolute atomic E-state index is 0.188. The number of anilines is 1. The highest BCUT2D eigenvalue weighted by molar-refractivity contribution is 7.13. The molecular weight excluding hydrogens is 445 g/mol. The van der Waals surface area contributed by atoms with Gasteiger partial charge in [0.05, 0.1) is 18.4 Å². The number of hydrogen-bond acceptors (Lipinski definition) is 5. The molecule has 0 saturated heterocycles. The van der Waals surface area contributed by atoms with Crippen LogP contribution in [0.2, 0.25) is 0 Å². The zero-order valence-corrected chi connectivity index (χ0v) is 18.8. The van der Waals surface area contributed by atoms with Crippen LogP contribution in [0.15, 0.2) is 60.4 Å². The number of nitrogens with zero attached hydrogens (tertiary/aromatic N) is 5. The number of thiazole rings is 1. The van der Waals surface area contributed by atoms with E-state index in [2.05, 4.69) is 20.7 Å². The lowest BCUT2D eigenvalue weighted by Crippen LogP contribution is -2.28. The van der Waals surface area contributed by atoms with Gasteiger partial charge in [0.2, 0.25) is 0 Å². The summed E-state index contributed by atoms with van der Waals surface area (Å²) in [6.07, 6.45) is 5.25. The first-order chi connectivity index (χ1) is 15.9. The third-order valence-corrected chi connectivity index (χ3v) is 5.65. The van der Waals surface area contributed by atoms with Gasteiger partial charge in [-0.05, 0) is 29.8 Å². The van der Waals surface area contributed by atoms with E-state index in [1.165, 1.54) is 23.5 Å². The lowest BCUT2D eigenvalue weighted by atomic mass is 10.2. The number of hydrogen-bond donors (Lipinski definition) is 2. The molecule has 0 atom stereocenters. The van der Waals surface area contributed by atoms with Gasteiger partial charge in [-0.25, -0.2) is 14.2 Å². The molecule has 0 aliphatic heterocycles. The molecule has 3 aromatic heterocycles. The smallest absolute Gasteiger partial charge is 0.321 e. The van der Waals surface area contributed by atoms with Crippen LogP contribution in [-0.4, -0.2) is 43.2 Å². The van der Waals surface area contributed by atoms with Crippen molar-refractivity contribution in [1.82, 2.24) is 29.5 Å². The summed E-state index contributed by atoms with van der Waals surface area (Å²) < 4.78 is 16.7. The fraction of sp³-hybridized carbons (Fsp3) is 0.182. The van der Waals surface area contributed by atoms with Gasteiger partial charge in [-0.3, -0.25) is 14.8 Å². The molecule has 11 heteroatoms. The van der Waals surface area contributed by atoms with Crippen LogP contribution >= 0.6 is 11.3 Å². The molecule has 0 unspecified atom stereocenters. The van der Waals surface area contributed by atoms with Crippen LogP contribution in [0.25, 0.3) is 5.82 Å². The average Bonchev–Trinajstić information content (AvgIpc) is 3.53. The third kappa shape index (κ3) is 5.26. The molecule has 9 nitrogen and oxygen atoms in total. The molecule has 0 aliphatic rings. The lowest BCUT2D eigenvalue weighted by Gasteiger charge is -2.16. The maximum absolute atomic E-state index is 13.2. The van der Waals surface area contributed by atoms with Crippen molar-refractivity contribution < 1.29 is 14.0 Å². The van der Waals surface area contributed by atoms with Gasteiger partial charge >= 0.3 is 6.03 Å². The number of rotatable bonds is 7. The van der Waals surface area contributed by atoms with Crippen molar-refractivity contribution in [3.63, 3.8) is 0 Å². The molecule has 3 heterocycles. The van der Waals surface area contributed by atoms with E-state index >= 15 is 0 Å². The molecule has 4 rings (SSSR count). The third-order valence-electron chi connectivity index (χ3n) is 4.85. The predicted octanol–water partition coefficient (Wildman–Crippen LogP) is 3.40. The molecule has 0 saturated carbocycles. The SMILES string of the molecule is CN(Cc1csc(NC(=O)NCc2cccc(F)c2)n1)C(=O)c1cnn(C)c1-n1cccc1.